The molecule has 4 nitrogen and oxygen atoms in total. The normalized spacial score (nSPS) is 12.5. The summed E-state index contributed by atoms with van der Waals surface area (Å²) < 4.78 is 6.42. The molecule has 5 heteroatoms. The number of nitrogens with zero attached hydrogens (tertiary/aromatic N) is 2. The molecular weight excluding hydrogens is 281 g/mol. The molecule has 1 aromatic heterocycles. The molecule has 0 radical (unpaired) electrons. The second-order valence-electron chi connectivity index (χ2n) is 2.72. The van der Waals surface area contributed by atoms with Gasteiger partial charge >= 0.3 is 0 Å². The number of anilines is 1. The first kappa shape index (κ1) is 10.5. The number of rotatable bonds is 3. The maximum Gasteiger partial charge on any atom is 0.232 e. The molecule has 0 aliphatic heterocycles. The van der Waals surface area contributed by atoms with Crippen LogP contribution in [0, 0.1) is 3.57 Å². The lowest BCUT2D eigenvalue weighted by Gasteiger charge is -2.12. The molecule has 2 N–H and O–H groups in total. The second kappa shape index (κ2) is 4.59. The van der Waals surface area contributed by atoms with Crippen LogP contribution < -0.4 is 10.5 Å². The minimum absolute atomic E-state index is 0.155. The highest BCUT2D eigenvalue weighted by atomic mass is 127. The standard InChI is InChI=1S/C8H12IN3O/c1-3-5(2)13-7-6(9)4-11-8(10)12-7/h4-5H,3H2,1-2H3,(H2,10,11,12)/t5-/m1/s1. The van der Waals surface area contributed by atoms with Gasteiger partial charge < -0.3 is 10.5 Å². The van der Waals surface area contributed by atoms with Crippen LogP contribution in [0.1, 0.15) is 20.3 Å². The van der Waals surface area contributed by atoms with E-state index in [4.69, 9.17) is 10.5 Å². The van der Waals surface area contributed by atoms with Gasteiger partial charge in [-0.05, 0) is 35.9 Å². The average Bonchev–Trinajstić information content (AvgIpc) is 2.11. The molecular formula is C8H12IN3O. The van der Waals surface area contributed by atoms with Gasteiger partial charge in [-0.15, -0.1) is 0 Å². The number of nitrogen functional groups attached to an aromatic ring is 1. The van der Waals surface area contributed by atoms with E-state index in [1.807, 2.05) is 6.92 Å². The van der Waals surface area contributed by atoms with Crippen LogP contribution in [-0.2, 0) is 0 Å². The molecule has 0 bridgehead atoms. The third kappa shape index (κ3) is 2.98. The molecule has 1 atom stereocenters. The topological polar surface area (TPSA) is 61.0 Å². The molecule has 0 saturated carbocycles. The molecule has 0 saturated heterocycles. The Bertz CT molecular complexity index is 293. The molecule has 72 valence electrons. The molecule has 0 fully saturated rings. The Morgan fingerprint density at radius 1 is 1.69 bits per heavy atom. The number of aromatic nitrogens is 2. The fourth-order valence-corrected chi connectivity index (χ4v) is 1.11. The largest absolute Gasteiger partial charge is 0.474 e. The third-order valence-corrected chi connectivity index (χ3v) is 2.36. The van der Waals surface area contributed by atoms with Crippen LogP contribution in [0.25, 0.3) is 0 Å². The lowest BCUT2D eigenvalue weighted by molar-refractivity contribution is 0.207. The Balaban J connectivity index is 2.81. The second-order valence-corrected chi connectivity index (χ2v) is 3.88. The van der Waals surface area contributed by atoms with E-state index in [1.54, 1.807) is 6.20 Å². The van der Waals surface area contributed by atoms with Crippen LogP contribution in [0.4, 0.5) is 5.95 Å². The van der Waals surface area contributed by atoms with Crippen molar-refractivity contribution in [3.63, 3.8) is 0 Å². The molecule has 0 spiro atoms. The minimum atomic E-state index is 0.155. The quantitative estimate of drug-likeness (QED) is 0.864. The number of nitrogens with two attached hydrogens (primary N) is 1. The molecule has 0 aromatic carbocycles. The first-order chi connectivity index (χ1) is 6.13. The number of halogens is 1. The maximum atomic E-state index is 5.54. The number of ether oxygens (including phenoxy) is 1. The van der Waals surface area contributed by atoms with E-state index >= 15 is 0 Å². The predicted molar refractivity (Wildman–Crippen MR) is 59.5 cm³/mol. The lowest BCUT2D eigenvalue weighted by atomic mass is 10.3. The van der Waals surface area contributed by atoms with Gasteiger partial charge in [0.25, 0.3) is 0 Å². The zero-order valence-electron chi connectivity index (χ0n) is 7.62. The summed E-state index contributed by atoms with van der Waals surface area (Å²) in [5, 5.41) is 0. The molecule has 0 aliphatic carbocycles. The highest BCUT2D eigenvalue weighted by Crippen LogP contribution is 2.19. The summed E-state index contributed by atoms with van der Waals surface area (Å²) in [5.41, 5.74) is 5.44. The van der Waals surface area contributed by atoms with Gasteiger partial charge in [-0.3, -0.25) is 0 Å². The molecule has 13 heavy (non-hydrogen) atoms. The predicted octanol–water partition coefficient (Wildman–Crippen LogP) is 1.84. The summed E-state index contributed by atoms with van der Waals surface area (Å²) in [5.74, 6) is 0.821. The Hall–Kier alpha value is -0.590. The van der Waals surface area contributed by atoms with Crippen molar-refractivity contribution in [2.24, 2.45) is 0 Å². The first-order valence-electron chi connectivity index (χ1n) is 4.08. The lowest BCUT2D eigenvalue weighted by Crippen LogP contribution is -2.12. The van der Waals surface area contributed by atoms with Crippen LogP contribution in [0.5, 0.6) is 5.88 Å². The molecule has 1 rings (SSSR count). The molecule has 0 unspecified atom stereocenters. The van der Waals surface area contributed by atoms with E-state index in [0.29, 0.717) is 5.88 Å². The van der Waals surface area contributed by atoms with Gasteiger partial charge in [-0.2, -0.15) is 4.98 Å². The van der Waals surface area contributed by atoms with E-state index in [0.717, 1.165) is 9.99 Å². The Morgan fingerprint density at radius 3 is 3.00 bits per heavy atom. The summed E-state index contributed by atoms with van der Waals surface area (Å²) in [4.78, 5) is 7.85. The molecule has 0 aliphatic rings. The third-order valence-electron chi connectivity index (χ3n) is 1.62. The van der Waals surface area contributed by atoms with Crippen molar-refractivity contribution in [3.8, 4) is 5.88 Å². The first-order valence-corrected chi connectivity index (χ1v) is 5.16. The van der Waals surface area contributed by atoms with E-state index in [9.17, 15) is 0 Å². The molecule has 0 amide bonds. The van der Waals surface area contributed by atoms with Crippen LogP contribution in [0.15, 0.2) is 6.20 Å². The Kier molecular flexibility index (Phi) is 3.71. The highest BCUT2D eigenvalue weighted by Gasteiger charge is 2.07. The van der Waals surface area contributed by atoms with E-state index in [2.05, 4.69) is 39.5 Å². The van der Waals surface area contributed by atoms with Crippen LogP contribution in [0.3, 0.4) is 0 Å². The van der Waals surface area contributed by atoms with Crippen molar-refractivity contribution in [2.75, 3.05) is 5.73 Å². The van der Waals surface area contributed by atoms with Crippen molar-refractivity contribution < 1.29 is 4.74 Å². The molecule has 1 heterocycles. The Morgan fingerprint density at radius 2 is 2.38 bits per heavy atom. The summed E-state index contributed by atoms with van der Waals surface area (Å²) in [6.45, 7) is 4.05. The van der Waals surface area contributed by atoms with Crippen LogP contribution >= 0.6 is 22.6 Å². The maximum absolute atomic E-state index is 5.54. The summed E-state index contributed by atoms with van der Waals surface area (Å²) in [6, 6.07) is 0. The number of hydrogen-bond donors (Lipinski definition) is 1. The van der Waals surface area contributed by atoms with Gasteiger partial charge in [-0.25, -0.2) is 4.98 Å². The highest BCUT2D eigenvalue weighted by molar-refractivity contribution is 14.1. The van der Waals surface area contributed by atoms with Gasteiger partial charge in [0.05, 0.1) is 9.67 Å². The van der Waals surface area contributed by atoms with Gasteiger partial charge in [-0.1, -0.05) is 6.92 Å². The minimum Gasteiger partial charge on any atom is -0.474 e. The van der Waals surface area contributed by atoms with Crippen molar-refractivity contribution >= 4 is 28.5 Å². The van der Waals surface area contributed by atoms with Crippen LogP contribution in [0.2, 0.25) is 0 Å². The van der Waals surface area contributed by atoms with E-state index in [1.165, 1.54) is 0 Å². The fraction of sp³-hybridized carbons (Fsp3) is 0.500. The van der Waals surface area contributed by atoms with Gasteiger partial charge in [0.2, 0.25) is 11.8 Å². The van der Waals surface area contributed by atoms with Crippen LogP contribution in [-0.4, -0.2) is 16.1 Å². The summed E-state index contributed by atoms with van der Waals surface area (Å²) in [6.07, 6.45) is 2.75. The average molecular weight is 293 g/mol. The van der Waals surface area contributed by atoms with E-state index in [-0.39, 0.29) is 12.1 Å². The monoisotopic (exact) mass is 293 g/mol. The van der Waals surface area contributed by atoms with Gasteiger partial charge in [0, 0.05) is 6.20 Å². The summed E-state index contributed by atoms with van der Waals surface area (Å²) >= 11 is 2.12. The van der Waals surface area contributed by atoms with Crippen molar-refractivity contribution in [3.05, 3.63) is 9.77 Å². The summed E-state index contributed by atoms with van der Waals surface area (Å²) in [7, 11) is 0. The molecule has 1 aromatic rings. The zero-order chi connectivity index (χ0) is 9.84. The fourth-order valence-electron chi connectivity index (χ4n) is 0.721. The van der Waals surface area contributed by atoms with Crippen molar-refractivity contribution in [1.29, 1.82) is 0 Å². The SMILES string of the molecule is CC[C@@H](C)Oc1nc(N)ncc1I. The number of hydrogen-bond acceptors (Lipinski definition) is 4. The van der Waals surface area contributed by atoms with Gasteiger partial charge in [0.1, 0.15) is 0 Å². The van der Waals surface area contributed by atoms with Crippen molar-refractivity contribution in [1.82, 2.24) is 9.97 Å². The van der Waals surface area contributed by atoms with Crippen molar-refractivity contribution in [2.45, 2.75) is 26.4 Å². The zero-order valence-corrected chi connectivity index (χ0v) is 9.78. The smallest absolute Gasteiger partial charge is 0.232 e. The van der Waals surface area contributed by atoms with Gasteiger partial charge in [0.15, 0.2) is 0 Å². The van der Waals surface area contributed by atoms with E-state index < -0.39 is 0 Å². The Labute approximate surface area is 91.0 Å².